The van der Waals surface area contributed by atoms with Gasteiger partial charge in [0.25, 0.3) is 5.91 Å². The standard InChI is InChI=1S/C17H22BrNO4/c1-11(2)23-15-10-13(18)3-4-14(15)17(22)19-7-5-12(6-8-19)9-16(20)21/h3-4,10-12H,5-9H2,1-2H3,(H,20,21). The molecule has 6 heteroatoms. The number of carboxylic acids is 1. The molecule has 1 saturated heterocycles. The molecule has 0 spiro atoms. The van der Waals surface area contributed by atoms with Gasteiger partial charge in [0.05, 0.1) is 11.7 Å². The Bertz CT molecular complexity index is 580. The average Bonchev–Trinajstić information content (AvgIpc) is 2.46. The minimum absolute atomic E-state index is 0.0165. The second-order valence-corrected chi connectivity index (χ2v) is 7.06. The number of hydrogen-bond donors (Lipinski definition) is 1. The summed E-state index contributed by atoms with van der Waals surface area (Å²) in [4.78, 5) is 25.3. The van der Waals surface area contributed by atoms with Gasteiger partial charge in [-0.1, -0.05) is 15.9 Å². The molecule has 5 nitrogen and oxygen atoms in total. The number of likely N-dealkylation sites (tertiary alicyclic amines) is 1. The number of piperidine rings is 1. The largest absolute Gasteiger partial charge is 0.490 e. The molecule has 0 aromatic heterocycles. The first-order valence-corrected chi connectivity index (χ1v) is 8.63. The smallest absolute Gasteiger partial charge is 0.303 e. The SMILES string of the molecule is CC(C)Oc1cc(Br)ccc1C(=O)N1CCC(CC(=O)O)CC1. The second-order valence-electron chi connectivity index (χ2n) is 6.14. The first-order chi connectivity index (χ1) is 10.9. The molecule has 0 saturated carbocycles. The van der Waals surface area contributed by atoms with Crippen molar-refractivity contribution >= 4 is 27.8 Å². The van der Waals surface area contributed by atoms with Gasteiger partial charge in [0.1, 0.15) is 5.75 Å². The van der Waals surface area contributed by atoms with Gasteiger partial charge in [0, 0.05) is 24.0 Å². The second kappa shape index (κ2) is 7.81. The van der Waals surface area contributed by atoms with Crippen LogP contribution in [0, 0.1) is 5.92 Å². The van der Waals surface area contributed by atoms with Crippen molar-refractivity contribution in [1.29, 1.82) is 0 Å². The lowest BCUT2D eigenvalue weighted by Gasteiger charge is -2.32. The summed E-state index contributed by atoms with van der Waals surface area (Å²) in [5.41, 5.74) is 0.554. The number of benzene rings is 1. The molecular weight excluding hydrogens is 362 g/mol. The van der Waals surface area contributed by atoms with Crippen molar-refractivity contribution in [2.75, 3.05) is 13.1 Å². The summed E-state index contributed by atoms with van der Waals surface area (Å²) in [6.45, 7) is 5.03. The van der Waals surface area contributed by atoms with E-state index < -0.39 is 5.97 Å². The van der Waals surface area contributed by atoms with Crippen LogP contribution >= 0.6 is 15.9 Å². The summed E-state index contributed by atoms with van der Waals surface area (Å²) < 4.78 is 6.62. The van der Waals surface area contributed by atoms with E-state index in [1.165, 1.54) is 0 Å². The number of nitrogens with zero attached hydrogens (tertiary/aromatic N) is 1. The van der Waals surface area contributed by atoms with Gasteiger partial charge in [0.2, 0.25) is 0 Å². The number of halogens is 1. The van der Waals surface area contributed by atoms with Crippen LogP contribution in [0.3, 0.4) is 0 Å². The predicted octanol–water partition coefficient (Wildman–Crippen LogP) is 3.56. The monoisotopic (exact) mass is 383 g/mol. The number of carboxylic acid groups (broad SMARTS) is 1. The molecule has 0 unspecified atom stereocenters. The highest BCUT2D eigenvalue weighted by molar-refractivity contribution is 9.10. The summed E-state index contributed by atoms with van der Waals surface area (Å²) >= 11 is 3.40. The van der Waals surface area contributed by atoms with E-state index in [1.807, 2.05) is 26.0 Å². The predicted molar refractivity (Wildman–Crippen MR) is 90.8 cm³/mol. The Labute approximate surface area is 144 Å². The van der Waals surface area contributed by atoms with Crippen LogP contribution in [0.5, 0.6) is 5.75 Å². The molecule has 23 heavy (non-hydrogen) atoms. The van der Waals surface area contributed by atoms with E-state index in [-0.39, 0.29) is 24.3 Å². The van der Waals surface area contributed by atoms with Gasteiger partial charge in [-0.15, -0.1) is 0 Å². The summed E-state index contributed by atoms with van der Waals surface area (Å²) in [7, 11) is 0. The fourth-order valence-electron chi connectivity index (χ4n) is 2.78. The number of ether oxygens (including phenoxy) is 1. The van der Waals surface area contributed by atoms with Crippen LogP contribution in [0.4, 0.5) is 0 Å². The van der Waals surface area contributed by atoms with Crippen LogP contribution in [0.1, 0.15) is 43.5 Å². The number of hydrogen-bond acceptors (Lipinski definition) is 3. The first kappa shape index (κ1) is 17.8. The Balaban J connectivity index is 2.08. The van der Waals surface area contributed by atoms with E-state index in [0.717, 1.165) is 17.3 Å². The Hall–Kier alpha value is -1.56. The van der Waals surface area contributed by atoms with Crippen molar-refractivity contribution in [2.45, 2.75) is 39.2 Å². The van der Waals surface area contributed by atoms with Crippen molar-refractivity contribution in [3.63, 3.8) is 0 Å². The molecule has 1 N–H and O–H groups in total. The maximum Gasteiger partial charge on any atom is 0.303 e. The van der Waals surface area contributed by atoms with Crippen molar-refractivity contribution < 1.29 is 19.4 Å². The van der Waals surface area contributed by atoms with Gasteiger partial charge in [0.15, 0.2) is 0 Å². The molecule has 0 aliphatic carbocycles. The number of carbonyl (C=O) groups excluding carboxylic acids is 1. The van der Waals surface area contributed by atoms with Crippen LogP contribution in [0.2, 0.25) is 0 Å². The lowest BCUT2D eigenvalue weighted by Crippen LogP contribution is -2.39. The topological polar surface area (TPSA) is 66.8 Å². The van der Waals surface area contributed by atoms with Gasteiger partial charge in [-0.3, -0.25) is 9.59 Å². The highest BCUT2D eigenvalue weighted by Crippen LogP contribution is 2.28. The lowest BCUT2D eigenvalue weighted by molar-refractivity contribution is -0.138. The molecular formula is C17H22BrNO4. The Morgan fingerprint density at radius 2 is 2.00 bits per heavy atom. The van der Waals surface area contributed by atoms with E-state index in [1.54, 1.807) is 11.0 Å². The molecule has 2 rings (SSSR count). The first-order valence-electron chi connectivity index (χ1n) is 7.84. The summed E-state index contributed by atoms with van der Waals surface area (Å²) in [6.07, 6.45) is 1.63. The molecule has 1 aromatic carbocycles. The van der Waals surface area contributed by atoms with Crippen molar-refractivity contribution in [1.82, 2.24) is 4.90 Å². The highest BCUT2D eigenvalue weighted by atomic mass is 79.9. The van der Waals surface area contributed by atoms with Crippen molar-refractivity contribution in [3.8, 4) is 5.75 Å². The van der Waals surface area contributed by atoms with Gasteiger partial charge >= 0.3 is 5.97 Å². The highest BCUT2D eigenvalue weighted by Gasteiger charge is 2.26. The molecule has 1 aliphatic rings. The fourth-order valence-corrected chi connectivity index (χ4v) is 3.12. The third kappa shape index (κ3) is 4.96. The van der Waals surface area contributed by atoms with E-state index in [9.17, 15) is 9.59 Å². The summed E-state index contributed by atoms with van der Waals surface area (Å²) in [5, 5.41) is 8.86. The van der Waals surface area contributed by atoms with Gasteiger partial charge < -0.3 is 14.7 Å². The molecule has 1 heterocycles. The molecule has 126 valence electrons. The maximum absolute atomic E-state index is 12.8. The lowest BCUT2D eigenvalue weighted by atomic mass is 9.93. The zero-order valence-corrected chi connectivity index (χ0v) is 15.0. The Kier molecular flexibility index (Phi) is 6.04. The molecule has 1 aliphatic heterocycles. The maximum atomic E-state index is 12.8. The molecule has 1 fully saturated rings. The van der Waals surface area contributed by atoms with Gasteiger partial charge in [-0.25, -0.2) is 0 Å². The fraction of sp³-hybridized carbons (Fsp3) is 0.529. The van der Waals surface area contributed by atoms with Gasteiger partial charge in [-0.05, 0) is 50.8 Å². The minimum atomic E-state index is -0.768. The normalized spacial score (nSPS) is 15.7. The zero-order valence-electron chi connectivity index (χ0n) is 13.4. The number of carbonyl (C=O) groups is 2. The van der Waals surface area contributed by atoms with E-state index in [0.29, 0.717) is 24.4 Å². The van der Waals surface area contributed by atoms with Crippen LogP contribution in [-0.4, -0.2) is 41.1 Å². The van der Waals surface area contributed by atoms with Crippen molar-refractivity contribution in [2.24, 2.45) is 5.92 Å². The third-order valence-electron chi connectivity index (χ3n) is 3.90. The molecule has 0 atom stereocenters. The van der Waals surface area contributed by atoms with Gasteiger partial charge in [-0.2, -0.15) is 0 Å². The van der Waals surface area contributed by atoms with Crippen molar-refractivity contribution in [3.05, 3.63) is 28.2 Å². The average molecular weight is 384 g/mol. The Morgan fingerprint density at radius 3 is 2.57 bits per heavy atom. The van der Waals surface area contributed by atoms with Crippen LogP contribution in [-0.2, 0) is 4.79 Å². The zero-order chi connectivity index (χ0) is 17.0. The van der Waals surface area contributed by atoms with E-state index >= 15 is 0 Å². The number of aliphatic carboxylic acids is 1. The van der Waals surface area contributed by atoms with Crippen LogP contribution in [0.25, 0.3) is 0 Å². The Morgan fingerprint density at radius 1 is 1.35 bits per heavy atom. The molecule has 0 radical (unpaired) electrons. The number of amides is 1. The van der Waals surface area contributed by atoms with Crippen LogP contribution < -0.4 is 4.74 Å². The summed E-state index contributed by atoms with van der Waals surface area (Å²) in [6, 6.07) is 5.41. The van der Waals surface area contributed by atoms with E-state index in [2.05, 4.69) is 15.9 Å². The third-order valence-corrected chi connectivity index (χ3v) is 4.40. The summed E-state index contributed by atoms with van der Waals surface area (Å²) in [5.74, 6) is -0.0860. The molecule has 1 aromatic rings. The molecule has 1 amide bonds. The quantitative estimate of drug-likeness (QED) is 0.843. The minimum Gasteiger partial charge on any atom is -0.490 e. The van der Waals surface area contributed by atoms with E-state index in [4.69, 9.17) is 9.84 Å². The number of rotatable bonds is 5. The molecule has 0 bridgehead atoms. The van der Waals surface area contributed by atoms with Crippen LogP contribution in [0.15, 0.2) is 22.7 Å².